The SMILES string of the molecule is CN=C(NCCS(=O)(=O)C(C)(C)C)N1CCCC(CC(N)=O)C1.I. The number of nitrogens with two attached hydrogens (primary N) is 1. The number of guanidine groups is 1. The lowest BCUT2D eigenvalue weighted by Gasteiger charge is -2.34. The van der Waals surface area contributed by atoms with E-state index in [-0.39, 0.29) is 41.6 Å². The predicted molar refractivity (Wildman–Crippen MR) is 108 cm³/mol. The van der Waals surface area contributed by atoms with Crippen molar-refractivity contribution in [2.45, 2.75) is 44.8 Å². The molecule has 1 fully saturated rings. The smallest absolute Gasteiger partial charge is 0.217 e. The average molecular weight is 474 g/mol. The Hall–Kier alpha value is -0.580. The highest BCUT2D eigenvalue weighted by atomic mass is 127. The lowest BCUT2D eigenvalue weighted by Crippen LogP contribution is -2.48. The van der Waals surface area contributed by atoms with E-state index in [1.165, 1.54) is 0 Å². The summed E-state index contributed by atoms with van der Waals surface area (Å²) < 4.78 is 23.5. The van der Waals surface area contributed by atoms with Crippen molar-refractivity contribution in [2.75, 3.05) is 32.4 Å². The second-order valence-electron chi connectivity index (χ2n) is 7.03. The number of aliphatic imine (C=N–C) groups is 1. The molecule has 0 radical (unpaired) electrons. The van der Waals surface area contributed by atoms with Gasteiger partial charge in [0.25, 0.3) is 0 Å². The Balaban J connectivity index is 0.00000529. The molecule has 0 aliphatic carbocycles. The number of rotatable bonds is 5. The first-order valence-corrected chi connectivity index (χ1v) is 9.68. The molecule has 1 atom stereocenters. The molecule has 142 valence electrons. The summed E-state index contributed by atoms with van der Waals surface area (Å²) in [7, 11) is -1.48. The monoisotopic (exact) mass is 474 g/mol. The van der Waals surface area contributed by atoms with Crippen molar-refractivity contribution in [3.05, 3.63) is 0 Å². The molecule has 0 aromatic rings. The van der Waals surface area contributed by atoms with Gasteiger partial charge in [0.15, 0.2) is 15.8 Å². The van der Waals surface area contributed by atoms with Crippen molar-refractivity contribution < 1.29 is 13.2 Å². The van der Waals surface area contributed by atoms with Crippen LogP contribution in [0, 0.1) is 5.92 Å². The second kappa shape index (κ2) is 9.79. The van der Waals surface area contributed by atoms with Crippen LogP contribution in [-0.2, 0) is 14.6 Å². The van der Waals surface area contributed by atoms with Gasteiger partial charge in [-0.25, -0.2) is 8.42 Å². The summed E-state index contributed by atoms with van der Waals surface area (Å²) >= 11 is 0. The van der Waals surface area contributed by atoms with Gasteiger partial charge in [-0.05, 0) is 39.5 Å². The molecular formula is C15H31IN4O3S. The average Bonchev–Trinajstić information content (AvgIpc) is 2.42. The van der Waals surface area contributed by atoms with Gasteiger partial charge in [-0.15, -0.1) is 24.0 Å². The van der Waals surface area contributed by atoms with Crippen LogP contribution in [0.1, 0.15) is 40.0 Å². The molecule has 1 saturated heterocycles. The van der Waals surface area contributed by atoms with Crippen LogP contribution in [0.25, 0.3) is 0 Å². The number of carbonyl (C=O) groups excluding carboxylic acids is 1. The molecule has 0 bridgehead atoms. The molecule has 0 aromatic carbocycles. The van der Waals surface area contributed by atoms with Gasteiger partial charge in [0.1, 0.15) is 0 Å². The van der Waals surface area contributed by atoms with Crippen LogP contribution in [0.5, 0.6) is 0 Å². The number of nitrogens with zero attached hydrogens (tertiary/aromatic N) is 2. The summed E-state index contributed by atoms with van der Waals surface area (Å²) in [5.74, 6) is 0.700. The predicted octanol–water partition coefficient (Wildman–Crippen LogP) is 0.980. The minimum Gasteiger partial charge on any atom is -0.370 e. The maximum Gasteiger partial charge on any atom is 0.217 e. The van der Waals surface area contributed by atoms with E-state index in [1.807, 2.05) is 0 Å². The fourth-order valence-corrected chi connectivity index (χ4v) is 3.63. The highest BCUT2D eigenvalue weighted by Crippen LogP contribution is 2.19. The van der Waals surface area contributed by atoms with Gasteiger partial charge in [-0.3, -0.25) is 9.79 Å². The van der Waals surface area contributed by atoms with E-state index in [0.29, 0.717) is 25.5 Å². The number of nitrogens with one attached hydrogen (secondary N) is 1. The first-order chi connectivity index (χ1) is 10.6. The second-order valence-corrected chi connectivity index (χ2v) is 9.89. The number of primary amides is 1. The number of hydrogen-bond donors (Lipinski definition) is 2. The lowest BCUT2D eigenvalue weighted by molar-refractivity contribution is -0.119. The quantitative estimate of drug-likeness (QED) is 0.351. The van der Waals surface area contributed by atoms with Crippen molar-refractivity contribution in [3.63, 3.8) is 0 Å². The molecule has 24 heavy (non-hydrogen) atoms. The van der Waals surface area contributed by atoms with Gasteiger partial charge < -0.3 is 16.0 Å². The molecular weight excluding hydrogens is 443 g/mol. The Morgan fingerprint density at radius 3 is 2.50 bits per heavy atom. The number of piperidine rings is 1. The molecule has 1 unspecified atom stereocenters. The first kappa shape index (κ1) is 23.4. The molecule has 1 rings (SSSR count). The van der Waals surface area contributed by atoms with Gasteiger partial charge in [0, 0.05) is 33.1 Å². The molecule has 9 heteroatoms. The van der Waals surface area contributed by atoms with E-state index >= 15 is 0 Å². The van der Waals surface area contributed by atoms with Crippen molar-refractivity contribution in [1.29, 1.82) is 0 Å². The van der Waals surface area contributed by atoms with Crippen LogP contribution in [0.2, 0.25) is 0 Å². The summed E-state index contributed by atoms with van der Waals surface area (Å²) in [6.45, 7) is 7.00. The Morgan fingerprint density at radius 2 is 2.00 bits per heavy atom. The van der Waals surface area contributed by atoms with Crippen LogP contribution in [-0.4, -0.2) is 62.4 Å². The number of hydrogen-bond acceptors (Lipinski definition) is 4. The highest BCUT2D eigenvalue weighted by Gasteiger charge is 2.29. The van der Waals surface area contributed by atoms with E-state index < -0.39 is 14.6 Å². The summed E-state index contributed by atoms with van der Waals surface area (Å²) in [5.41, 5.74) is 5.28. The third-order valence-corrected chi connectivity index (χ3v) is 6.71. The van der Waals surface area contributed by atoms with Crippen molar-refractivity contribution >= 4 is 45.7 Å². The minimum atomic E-state index is -3.16. The molecule has 1 aliphatic heterocycles. The highest BCUT2D eigenvalue weighted by molar-refractivity contribution is 14.0. The van der Waals surface area contributed by atoms with E-state index in [1.54, 1.807) is 27.8 Å². The van der Waals surface area contributed by atoms with Gasteiger partial charge in [-0.1, -0.05) is 0 Å². The molecule has 0 saturated carbocycles. The number of amides is 1. The Bertz CT molecular complexity index is 543. The lowest BCUT2D eigenvalue weighted by atomic mass is 9.95. The molecule has 0 aromatic heterocycles. The maximum atomic E-state index is 12.1. The Kier molecular flexibility index (Phi) is 9.55. The van der Waals surface area contributed by atoms with E-state index in [9.17, 15) is 13.2 Å². The number of likely N-dealkylation sites (tertiary alicyclic amines) is 1. The van der Waals surface area contributed by atoms with Crippen LogP contribution < -0.4 is 11.1 Å². The molecule has 7 nitrogen and oxygen atoms in total. The fourth-order valence-electron chi connectivity index (χ4n) is 2.64. The van der Waals surface area contributed by atoms with Crippen LogP contribution in [0.4, 0.5) is 0 Å². The van der Waals surface area contributed by atoms with Crippen molar-refractivity contribution in [3.8, 4) is 0 Å². The van der Waals surface area contributed by atoms with Crippen LogP contribution in [0.15, 0.2) is 4.99 Å². The number of sulfone groups is 1. The summed E-state index contributed by atoms with van der Waals surface area (Å²) in [5, 5.41) is 3.12. The van der Waals surface area contributed by atoms with Crippen LogP contribution in [0.3, 0.4) is 0 Å². The van der Waals surface area contributed by atoms with Crippen molar-refractivity contribution in [1.82, 2.24) is 10.2 Å². The number of halogens is 1. The minimum absolute atomic E-state index is 0. The van der Waals surface area contributed by atoms with E-state index in [0.717, 1.165) is 19.4 Å². The zero-order valence-corrected chi connectivity index (χ0v) is 18.2. The van der Waals surface area contributed by atoms with Gasteiger partial charge in [0.2, 0.25) is 5.91 Å². The third kappa shape index (κ3) is 7.12. The fraction of sp³-hybridized carbons (Fsp3) is 0.867. The zero-order valence-electron chi connectivity index (χ0n) is 15.0. The molecule has 1 heterocycles. The normalized spacial score (nSPS) is 19.6. The zero-order chi connectivity index (χ0) is 17.7. The molecule has 3 N–H and O–H groups in total. The van der Waals surface area contributed by atoms with Crippen molar-refractivity contribution in [2.24, 2.45) is 16.6 Å². The Morgan fingerprint density at radius 1 is 1.38 bits per heavy atom. The Labute approximate surface area is 162 Å². The molecule has 1 aliphatic rings. The first-order valence-electron chi connectivity index (χ1n) is 8.03. The summed E-state index contributed by atoms with van der Waals surface area (Å²) in [6.07, 6.45) is 2.33. The van der Waals surface area contributed by atoms with E-state index in [4.69, 9.17) is 5.73 Å². The largest absolute Gasteiger partial charge is 0.370 e. The summed E-state index contributed by atoms with van der Waals surface area (Å²) in [6, 6.07) is 0. The molecule has 1 amide bonds. The van der Waals surface area contributed by atoms with Gasteiger partial charge >= 0.3 is 0 Å². The van der Waals surface area contributed by atoms with Crippen LogP contribution >= 0.6 is 24.0 Å². The summed E-state index contributed by atoms with van der Waals surface area (Å²) in [4.78, 5) is 17.4. The maximum absolute atomic E-state index is 12.1. The topological polar surface area (TPSA) is 105 Å². The molecule has 0 spiro atoms. The van der Waals surface area contributed by atoms with E-state index in [2.05, 4.69) is 15.2 Å². The van der Waals surface area contributed by atoms with Gasteiger partial charge in [0.05, 0.1) is 10.5 Å². The van der Waals surface area contributed by atoms with Gasteiger partial charge in [-0.2, -0.15) is 0 Å². The standard InChI is InChI=1S/C15H30N4O3S.HI/c1-15(2,3)23(21,22)9-7-18-14(17-4)19-8-5-6-12(11-19)10-13(16)20;/h12H,5-11H2,1-4H3,(H2,16,20)(H,17,18);1H. The third-order valence-electron chi connectivity index (χ3n) is 4.11. The number of carbonyl (C=O) groups is 1.